The summed E-state index contributed by atoms with van der Waals surface area (Å²) in [6.45, 7) is 0.378. The Morgan fingerprint density at radius 2 is 1.93 bits per heavy atom. The Labute approximate surface area is 231 Å². The Bertz CT molecular complexity index is 1930. The maximum Gasteiger partial charge on any atom is 0.472 e. The summed E-state index contributed by atoms with van der Waals surface area (Å²) in [4.78, 5) is 44.2. The SMILES string of the molecule is Cc1cn([C@H]2C[C@H](OP(=O)(O)OCC(O)c3ccc4c(ccc5nc6ccccc6c54)[nH]3)[C@@H](CO)O2)c(=O)[nH]c1=O. The first-order chi connectivity index (χ1) is 19.6. The topological polar surface area (TPSA) is 189 Å². The molecule has 214 valence electrons. The molecule has 41 heavy (non-hydrogen) atoms. The normalized spacial score (nSPS) is 21.5. The second-order valence-electron chi connectivity index (χ2n) is 9.91. The number of phosphoric ester groups is 1. The second-order valence-corrected chi connectivity index (χ2v) is 11.3. The maximum atomic E-state index is 12.8. The molecule has 6 rings (SSSR count). The van der Waals surface area contributed by atoms with E-state index in [1.54, 1.807) is 6.07 Å². The van der Waals surface area contributed by atoms with Crippen LogP contribution in [-0.2, 0) is 18.3 Å². The van der Waals surface area contributed by atoms with Crippen molar-refractivity contribution in [3.05, 3.63) is 86.8 Å². The summed E-state index contributed by atoms with van der Waals surface area (Å²) in [6, 6.07) is 15.1. The standard InChI is InChI=1S/C27H27N4O9P/c1-14-11-31(27(35)30-26(14)34)24-10-22(23(12-32)39-24)40-41(36,37)38-13-21(33)19-7-6-16-18(28-19)8-9-20-25(16)15-4-2-3-5-17(15)29-20/h2-9,11,21-24,28,32-33H,10,12-13H2,1H3,(H,36,37)(H,30,34,35)/t21?,22-,23+,24+/m0/s1. The Morgan fingerprint density at radius 3 is 2.73 bits per heavy atom. The van der Waals surface area contributed by atoms with Crippen LogP contribution in [0.25, 0.3) is 32.7 Å². The van der Waals surface area contributed by atoms with Crippen LogP contribution in [0, 0.1) is 6.92 Å². The van der Waals surface area contributed by atoms with Gasteiger partial charge in [0.05, 0.1) is 24.2 Å². The summed E-state index contributed by atoms with van der Waals surface area (Å²) >= 11 is 0. The molecule has 13 nitrogen and oxygen atoms in total. The summed E-state index contributed by atoms with van der Waals surface area (Å²) in [6.07, 6.45) is -3.18. The van der Waals surface area contributed by atoms with Crippen molar-refractivity contribution in [1.82, 2.24) is 19.5 Å². The fourth-order valence-electron chi connectivity index (χ4n) is 5.15. The molecule has 4 heterocycles. The zero-order valence-corrected chi connectivity index (χ0v) is 22.7. The summed E-state index contributed by atoms with van der Waals surface area (Å²) in [7, 11) is -4.73. The molecule has 0 aliphatic carbocycles. The summed E-state index contributed by atoms with van der Waals surface area (Å²) in [5.41, 5.74) is 1.81. The van der Waals surface area contributed by atoms with Crippen molar-refractivity contribution in [2.24, 2.45) is 0 Å². The predicted octanol–water partition coefficient (Wildman–Crippen LogP) is 2.54. The van der Waals surface area contributed by atoms with Gasteiger partial charge in [0, 0.05) is 45.6 Å². The largest absolute Gasteiger partial charge is 0.472 e. The highest BCUT2D eigenvalue weighted by Gasteiger charge is 2.42. The lowest BCUT2D eigenvalue weighted by Crippen LogP contribution is -2.33. The van der Waals surface area contributed by atoms with Crippen LogP contribution in [0.15, 0.2) is 64.3 Å². The number of pyridine rings is 1. The summed E-state index contributed by atoms with van der Waals surface area (Å²) in [5, 5.41) is 23.3. The van der Waals surface area contributed by atoms with Gasteiger partial charge >= 0.3 is 13.5 Å². The molecule has 0 amide bonds. The van der Waals surface area contributed by atoms with Crippen molar-refractivity contribution >= 4 is 40.5 Å². The van der Waals surface area contributed by atoms with Gasteiger partial charge in [-0.05, 0) is 31.2 Å². The number of hydrogen-bond acceptors (Lipinski definition) is 9. The molecule has 0 saturated carbocycles. The molecule has 1 fully saturated rings. The number of hydrogen-bond donors (Lipinski definition) is 5. The first-order valence-electron chi connectivity index (χ1n) is 12.9. The number of H-pyrrole nitrogens is 2. The van der Waals surface area contributed by atoms with Gasteiger partial charge in [0.2, 0.25) is 0 Å². The molecule has 0 spiro atoms. The number of phosphoric acid groups is 1. The number of nitrogens with zero attached hydrogens (tertiary/aromatic N) is 2. The minimum Gasteiger partial charge on any atom is -0.394 e. The molecule has 1 aliphatic heterocycles. The molecule has 5 aromatic rings. The van der Waals surface area contributed by atoms with Crippen LogP contribution in [0.2, 0.25) is 0 Å². The van der Waals surface area contributed by atoms with Crippen molar-refractivity contribution in [3.8, 4) is 0 Å². The number of aromatic amines is 2. The highest BCUT2D eigenvalue weighted by Crippen LogP contribution is 2.48. The number of ether oxygens (including phenoxy) is 1. The third-order valence-electron chi connectivity index (χ3n) is 7.19. The average Bonchev–Trinajstić information content (AvgIpc) is 3.54. The molecule has 5 atom stereocenters. The molecular formula is C27H27N4O9P. The van der Waals surface area contributed by atoms with Crippen molar-refractivity contribution in [2.45, 2.75) is 37.9 Å². The fraction of sp³-hybridized carbons (Fsp3) is 0.296. The zero-order valence-electron chi connectivity index (χ0n) is 21.8. The van der Waals surface area contributed by atoms with E-state index < -0.39 is 56.8 Å². The number of aryl methyl sites for hydroxylation is 1. The Kier molecular flexibility index (Phi) is 7.12. The van der Waals surface area contributed by atoms with Crippen LogP contribution in [0.1, 0.15) is 30.0 Å². The predicted molar refractivity (Wildman–Crippen MR) is 148 cm³/mol. The number of benzene rings is 2. The zero-order chi connectivity index (χ0) is 28.9. The van der Waals surface area contributed by atoms with Crippen molar-refractivity contribution in [3.63, 3.8) is 0 Å². The van der Waals surface area contributed by atoms with E-state index >= 15 is 0 Å². The summed E-state index contributed by atoms with van der Waals surface area (Å²) < 4.78 is 29.9. The number of aromatic nitrogens is 4. The number of para-hydroxylation sites is 1. The molecule has 0 radical (unpaired) electrons. The second kappa shape index (κ2) is 10.6. The van der Waals surface area contributed by atoms with E-state index in [2.05, 4.69) is 15.0 Å². The first kappa shape index (κ1) is 27.5. The van der Waals surface area contributed by atoms with E-state index in [0.29, 0.717) is 5.69 Å². The number of aliphatic hydroxyl groups is 2. The Balaban J connectivity index is 1.15. The highest BCUT2D eigenvalue weighted by molar-refractivity contribution is 7.47. The molecule has 14 heteroatoms. The van der Waals surface area contributed by atoms with Crippen LogP contribution >= 0.6 is 7.82 Å². The van der Waals surface area contributed by atoms with Gasteiger partial charge in [-0.15, -0.1) is 0 Å². The molecule has 0 bridgehead atoms. The van der Waals surface area contributed by atoms with Crippen LogP contribution in [0.3, 0.4) is 0 Å². The lowest BCUT2D eigenvalue weighted by Gasteiger charge is -2.21. The number of fused-ring (bicyclic) bond motifs is 5. The number of rotatable bonds is 8. The van der Waals surface area contributed by atoms with Gasteiger partial charge in [-0.25, -0.2) is 14.3 Å². The Morgan fingerprint density at radius 1 is 1.12 bits per heavy atom. The van der Waals surface area contributed by atoms with Gasteiger partial charge in [-0.3, -0.25) is 23.4 Å². The first-order valence-corrected chi connectivity index (χ1v) is 14.4. The van der Waals surface area contributed by atoms with E-state index in [4.69, 9.17) is 13.8 Å². The quantitative estimate of drug-likeness (QED) is 0.170. The van der Waals surface area contributed by atoms with E-state index in [9.17, 15) is 29.3 Å². The van der Waals surface area contributed by atoms with Crippen LogP contribution in [0.4, 0.5) is 0 Å². The average molecular weight is 583 g/mol. The monoisotopic (exact) mass is 582 g/mol. The third kappa shape index (κ3) is 5.24. The summed E-state index contributed by atoms with van der Waals surface area (Å²) in [5.74, 6) is 0. The number of nitrogens with one attached hydrogen (secondary N) is 2. The lowest BCUT2D eigenvalue weighted by atomic mass is 10.1. The van der Waals surface area contributed by atoms with Gasteiger partial charge < -0.3 is 24.8 Å². The van der Waals surface area contributed by atoms with Gasteiger partial charge in [0.1, 0.15) is 24.5 Å². The van der Waals surface area contributed by atoms with Crippen LogP contribution < -0.4 is 11.2 Å². The minimum absolute atomic E-state index is 0.0781. The van der Waals surface area contributed by atoms with Crippen LogP contribution in [-0.4, -0.2) is 60.0 Å². The van der Waals surface area contributed by atoms with Crippen molar-refractivity contribution in [2.75, 3.05) is 13.2 Å². The molecule has 5 N–H and O–H groups in total. The molecular weight excluding hydrogens is 555 g/mol. The van der Waals surface area contributed by atoms with E-state index in [1.807, 2.05) is 42.5 Å². The highest BCUT2D eigenvalue weighted by atomic mass is 31.2. The van der Waals surface area contributed by atoms with Crippen molar-refractivity contribution in [1.29, 1.82) is 0 Å². The van der Waals surface area contributed by atoms with Crippen molar-refractivity contribution < 1.29 is 33.5 Å². The maximum absolute atomic E-state index is 12.8. The minimum atomic E-state index is -4.73. The Hall–Kier alpha value is -3.68. The molecule has 2 aromatic carbocycles. The number of aliphatic hydroxyl groups excluding tert-OH is 2. The smallest absolute Gasteiger partial charge is 0.394 e. The fourth-order valence-corrected chi connectivity index (χ4v) is 6.10. The van der Waals surface area contributed by atoms with Gasteiger partial charge in [-0.1, -0.05) is 24.3 Å². The molecule has 3 aromatic heterocycles. The van der Waals surface area contributed by atoms with Crippen LogP contribution in [0.5, 0.6) is 0 Å². The van der Waals surface area contributed by atoms with E-state index in [0.717, 1.165) is 37.3 Å². The van der Waals surface area contributed by atoms with Gasteiger partial charge in [-0.2, -0.15) is 0 Å². The van der Waals surface area contributed by atoms with E-state index in [1.165, 1.54) is 13.1 Å². The molecule has 2 unspecified atom stereocenters. The lowest BCUT2D eigenvalue weighted by molar-refractivity contribution is -0.0474. The molecule has 1 saturated heterocycles. The third-order valence-corrected chi connectivity index (χ3v) is 8.20. The van der Waals surface area contributed by atoms with Gasteiger partial charge in [0.25, 0.3) is 5.56 Å². The van der Waals surface area contributed by atoms with Gasteiger partial charge in [0.15, 0.2) is 0 Å². The molecule has 1 aliphatic rings. The van der Waals surface area contributed by atoms with E-state index in [-0.39, 0.29) is 12.0 Å².